The summed E-state index contributed by atoms with van der Waals surface area (Å²) in [5.41, 5.74) is 6.55. The zero-order valence-corrected chi connectivity index (χ0v) is 36.4. The highest BCUT2D eigenvalue weighted by molar-refractivity contribution is 7.22. The Bertz CT molecular complexity index is 2260. The molecule has 2 aliphatic heterocycles. The van der Waals surface area contributed by atoms with Crippen LogP contribution in [0.3, 0.4) is 0 Å². The van der Waals surface area contributed by atoms with E-state index in [1.807, 2.05) is 84.6 Å². The monoisotopic (exact) mass is 813 g/mol. The lowest BCUT2D eigenvalue weighted by atomic mass is 9.90. The molecule has 0 N–H and O–H groups in total. The Morgan fingerprint density at radius 2 is 1.63 bits per heavy atom. The number of likely N-dealkylation sites (tertiary alicyclic amines) is 2. The number of hydrogen-bond acceptors (Lipinski definition) is 9. The van der Waals surface area contributed by atoms with E-state index >= 15 is 0 Å². The van der Waals surface area contributed by atoms with Crippen LogP contribution in [0.2, 0.25) is 5.02 Å². The van der Waals surface area contributed by atoms with E-state index in [9.17, 15) is 9.59 Å². The van der Waals surface area contributed by atoms with Gasteiger partial charge in [0.2, 0.25) is 0 Å². The number of hydrogen-bond donors (Lipinski definition) is 0. The summed E-state index contributed by atoms with van der Waals surface area (Å²) < 4.78 is 20.8. The van der Waals surface area contributed by atoms with Crippen molar-refractivity contribution in [2.24, 2.45) is 0 Å². The molecule has 2 atom stereocenters. The molecule has 304 valence electrons. The number of amides is 1. The van der Waals surface area contributed by atoms with Crippen LogP contribution in [0.1, 0.15) is 103 Å². The van der Waals surface area contributed by atoms with Gasteiger partial charge in [-0.25, -0.2) is 14.6 Å². The normalized spacial score (nSPS) is 17.8. The number of aromatic nitrogens is 3. The van der Waals surface area contributed by atoms with Crippen LogP contribution >= 0.6 is 22.9 Å². The number of esters is 1. The van der Waals surface area contributed by atoms with Gasteiger partial charge in [-0.2, -0.15) is 5.10 Å². The average molecular weight is 814 g/mol. The zero-order chi connectivity index (χ0) is 40.8. The van der Waals surface area contributed by atoms with E-state index in [0.717, 1.165) is 99.7 Å². The number of nitrogens with zero attached hydrogens (tertiary/aromatic N) is 5. The number of halogens is 1. The number of thiazole rings is 1. The lowest BCUT2D eigenvalue weighted by Gasteiger charge is -2.35. The van der Waals surface area contributed by atoms with Gasteiger partial charge in [-0.15, -0.1) is 11.3 Å². The first kappa shape index (κ1) is 41.1. The maximum absolute atomic E-state index is 13.6. The molecule has 2 aromatic heterocycles. The van der Waals surface area contributed by atoms with Gasteiger partial charge in [0.1, 0.15) is 10.6 Å². The van der Waals surface area contributed by atoms with Gasteiger partial charge in [-0.3, -0.25) is 9.58 Å². The molecule has 0 unspecified atom stereocenters. The van der Waals surface area contributed by atoms with Crippen molar-refractivity contribution in [3.63, 3.8) is 0 Å². The van der Waals surface area contributed by atoms with Crippen LogP contribution in [0.4, 0.5) is 4.79 Å². The Kier molecular flexibility index (Phi) is 11.8. The predicted octanol–water partition coefficient (Wildman–Crippen LogP) is 10.6. The van der Waals surface area contributed by atoms with Crippen LogP contribution in [0.5, 0.6) is 0 Å². The van der Waals surface area contributed by atoms with Crippen molar-refractivity contribution >= 4 is 56.1 Å². The van der Waals surface area contributed by atoms with E-state index in [2.05, 4.69) is 40.8 Å². The highest BCUT2D eigenvalue weighted by Crippen LogP contribution is 2.45. The first-order valence-electron chi connectivity index (χ1n) is 20.3. The van der Waals surface area contributed by atoms with E-state index in [-0.39, 0.29) is 12.7 Å². The molecule has 0 spiro atoms. The molecule has 0 bridgehead atoms. The Morgan fingerprint density at radius 1 is 0.930 bits per heavy atom. The van der Waals surface area contributed by atoms with Gasteiger partial charge < -0.3 is 19.1 Å². The molecule has 12 heteroatoms. The molecule has 57 heavy (non-hydrogen) atoms. The quantitative estimate of drug-likeness (QED) is 0.136. The molecule has 2 saturated heterocycles. The van der Waals surface area contributed by atoms with Crippen LogP contribution in [-0.2, 0) is 25.5 Å². The molecule has 3 aromatic carbocycles. The van der Waals surface area contributed by atoms with Gasteiger partial charge in [-0.05, 0) is 142 Å². The highest BCUT2D eigenvalue weighted by Gasteiger charge is 2.36. The van der Waals surface area contributed by atoms with Crippen molar-refractivity contribution in [2.45, 2.75) is 117 Å². The lowest BCUT2D eigenvalue weighted by Crippen LogP contribution is -2.43. The first-order valence-corrected chi connectivity index (χ1v) is 21.5. The van der Waals surface area contributed by atoms with Crippen molar-refractivity contribution in [1.82, 2.24) is 24.6 Å². The van der Waals surface area contributed by atoms with Crippen molar-refractivity contribution in [1.29, 1.82) is 0 Å². The third kappa shape index (κ3) is 8.87. The maximum atomic E-state index is 13.6. The maximum Gasteiger partial charge on any atom is 0.410 e. The summed E-state index contributed by atoms with van der Waals surface area (Å²) in [4.78, 5) is 36.0. The summed E-state index contributed by atoms with van der Waals surface area (Å²) in [5, 5.41) is 7.90. The van der Waals surface area contributed by atoms with Gasteiger partial charge in [0.15, 0.2) is 6.10 Å². The predicted molar refractivity (Wildman–Crippen MR) is 229 cm³/mol. The largest absolute Gasteiger partial charge is 0.464 e. The third-order valence-corrected chi connectivity index (χ3v) is 12.3. The van der Waals surface area contributed by atoms with E-state index in [4.69, 9.17) is 35.9 Å². The molecule has 0 saturated carbocycles. The molecule has 4 heterocycles. The second-order valence-corrected chi connectivity index (χ2v) is 18.8. The number of benzene rings is 3. The molecule has 1 amide bonds. The molecule has 10 nitrogen and oxygen atoms in total. The Balaban J connectivity index is 1.22. The number of fused-ring (bicyclic) bond motifs is 2. The van der Waals surface area contributed by atoms with E-state index in [1.54, 1.807) is 11.3 Å². The second kappa shape index (κ2) is 16.3. The number of aryl methyl sites for hydroxylation is 2. The van der Waals surface area contributed by atoms with Crippen molar-refractivity contribution < 1.29 is 23.8 Å². The number of carbonyl (C=O) groups is 2. The molecule has 2 aliphatic rings. The van der Waals surface area contributed by atoms with Crippen LogP contribution in [0.15, 0.2) is 48.5 Å². The molecular weight excluding hydrogens is 758 g/mol. The fourth-order valence-electron chi connectivity index (χ4n) is 8.32. The fraction of sp³-hybridized carbons (Fsp3) is 0.511. The Morgan fingerprint density at radius 3 is 2.28 bits per heavy atom. The minimum atomic E-state index is -0.937. The number of ether oxygens (including phenoxy) is 3. The highest BCUT2D eigenvalue weighted by atomic mass is 35.5. The van der Waals surface area contributed by atoms with Crippen LogP contribution < -0.4 is 0 Å². The summed E-state index contributed by atoms with van der Waals surface area (Å²) in [7, 11) is 0. The van der Waals surface area contributed by atoms with Crippen molar-refractivity contribution in [3.8, 4) is 21.7 Å². The van der Waals surface area contributed by atoms with Gasteiger partial charge in [0.05, 0.1) is 33.6 Å². The van der Waals surface area contributed by atoms with Crippen LogP contribution in [0.25, 0.3) is 42.8 Å². The number of piperidine rings is 1. The van der Waals surface area contributed by atoms with Crippen molar-refractivity contribution in [3.05, 3.63) is 70.4 Å². The van der Waals surface area contributed by atoms with Gasteiger partial charge in [0.25, 0.3) is 0 Å². The molecule has 0 aliphatic carbocycles. The van der Waals surface area contributed by atoms with Crippen LogP contribution in [-0.4, -0.2) is 86.7 Å². The number of rotatable bonds is 9. The van der Waals surface area contributed by atoms with Gasteiger partial charge in [-0.1, -0.05) is 23.7 Å². The number of carbonyl (C=O) groups excluding carboxylic acids is 2. The van der Waals surface area contributed by atoms with E-state index in [0.29, 0.717) is 23.5 Å². The van der Waals surface area contributed by atoms with Gasteiger partial charge >= 0.3 is 12.1 Å². The second-order valence-electron chi connectivity index (χ2n) is 17.3. The average Bonchev–Trinajstić information content (AvgIpc) is 3.90. The lowest BCUT2D eigenvalue weighted by molar-refractivity contribution is -0.166. The molecule has 7 rings (SSSR count). The van der Waals surface area contributed by atoms with E-state index in [1.165, 1.54) is 5.39 Å². The Hall–Kier alpha value is -4.03. The summed E-state index contributed by atoms with van der Waals surface area (Å²) in [6.07, 6.45) is 1.83. The summed E-state index contributed by atoms with van der Waals surface area (Å²) in [6, 6.07) is 16.7. The molecule has 0 radical (unpaired) electrons. The first-order chi connectivity index (χ1) is 27.0. The standard InChI is InChI=1S/C45H56ClN5O5S/c1-10-51-35-17-14-30(25-33(35)38(48-51)29-18-21-49(22-19-29)32-20-23-50(26-32)43(53)56-45(7,8)9)41-47-34-24-27(3)36(39(42(52)54-11-2)55-44(4,5)6)37(40(34)57-41)28-12-15-31(46)16-13-28/h12-17,24-25,29,32,39H,10-11,18-23,26H2,1-9H3/t32-,39+/m1/s1. The van der Waals surface area contributed by atoms with Crippen LogP contribution in [0, 0.1) is 6.92 Å². The van der Waals surface area contributed by atoms with E-state index < -0.39 is 23.3 Å². The molecule has 2 fully saturated rings. The summed E-state index contributed by atoms with van der Waals surface area (Å²) in [5.74, 6) is -0.0903. The Labute approximate surface area is 345 Å². The zero-order valence-electron chi connectivity index (χ0n) is 34.8. The van der Waals surface area contributed by atoms with Crippen molar-refractivity contribution in [2.75, 3.05) is 32.8 Å². The molecule has 5 aromatic rings. The van der Waals surface area contributed by atoms with Gasteiger partial charge in [0, 0.05) is 58.7 Å². The third-order valence-electron chi connectivity index (χ3n) is 10.9. The minimum absolute atomic E-state index is 0.215. The minimum Gasteiger partial charge on any atom is -0.464 e. The molecular formula is C45H56ClN5O5S. The topological polar surface area (TPSA) is 99.0 Å². The summed E-state index contributed by atoms with van der Waals surface area (Å²) >= 11 is 8.00. The smallest absolute Gasteiger partial charge is 0.410 e. The SMILES string of the molecule is CCOC(=O)[C@@H](OC(C)(C)C)c1c(C)cc2nc(-c3ccc4c(c3)c(C3CCN([C@@H]5CCN(C(=O)OC(C)(C)C)C5)CC3)nn4CC)sc2c1-c1ccc(Cl)cc1. The fourth-order valence-corrected chi connectivity index (χ4v) is 9.57. The summed E-state index contributed by atoms with van der Waals surface area (Å²) in [6.45, 7) is 22.0.